The van der Waals surface area contributed by atoms with Crippen LogP contribution in [0.1, 0.15) is 84.7 Å². The highest BCUT2D eigenvalue weighted by Crippen LogP contribution is 2.61. The lowest BCUT2D eigenvalue weighted by molar-refractivity contribution is -0.160. The molecule has 0 fully saturated rings. The van der Waals surface area contributed by atoms with Gasteiger partial charge in [-0.3, -0.25) is 19.3 Å². The van der Waals surface area contributed by atoms with Crippen molar-refractivity contribution in [2.75, 3.05) is 23.5 Å². The molecule has 2 aromatic carbocycles. The first-order valence-electron chi connectivity index (χ1n) is 19.1. The lowest BCUT2D eigenvalue weighted by atomic mass is 9.78. The van der Waals surface area contributed by atoms with Gasteiger partial charge >= 0.3 is 11.8 Å². The predicted octanol–water partition coefficient (Wildman–Crippen LogP) is 5.72. The van der Waals surface area contributed by atoms with Gasteiger partial charge in [0.2, 0.25) is 0 Å². The number of aromatic hydroxyl groups is 3. The average molecular weight is 781 g/mol. The zero-order chi connectivity index (χ0) is 41.7. The molecular formula is C42H56N2O12. The van der Waals surface area contributed by atoms with E-state index >= 15 is 0 Å². The number of carbonyl (C=O) groups excluding carboxylic acids is 3. The van der Waals surface area contributed by atoms with E-state index in [2.05, 4.69) is 0 Å². The molecular weight excluding hydrogens is 724 g/mol. The number of allylic oxidation sites excluding steroid dienone is 2. The number of ether oxygens (including phenoxy) is 4. The van der Waals surface area contributed by atoms with Crippen LogP contribution in [0.4, 0.5) is 11.4 Å². The largest absolute Gasteiger partial charge is 0.507 e. The van der Waals surface area contributed by atoms with Gasteiger partial charge in [-0.25, -0.2) is 0 Å². The third kappa shape index (κ3) is 6.96. The number of esters is 1. The van der Waals surface area contributed by atoms with Gasteiger partial charge in [-0.2, -0.15) is 0 Å². The molecule has 7 bridgehead atoms. The van der Waals surface area contributed by atoms with Crippen LogP contribution < -0.4 is 14.5 Å². The van der Waals surface area contributed by atoms with E-state index in [1.807, 2.05) is 6.92 Å². The van der Waals surface area contributed by atoms with E-state index in [0.717, 1.165) is 0 Å². The Hall–Kier alpha value is -4.79. The molecule has 10 unspecified atom stereocenters. The van der Waals surface area contributed by atoms with Crippen molar-refractivity contribution in [3.8, 4) is 23.0 Å². The van der Waals surface area contributed by atoms with Crippen molar-refractivity contribution in [1.29, 1.82) is 0 Å². The number of amides is 1. The molecule has 56 heavy (non-hydrogen) atoms. The minimum Gasteiger partial charge on any atom is -0.507 e. The highest BCUT2D eigenvalue weighted by molar-refractivity contribution is 6.24. The molecule has 0 radical (unpaired) electrons. The monoisotopic (exact) mass is 780 g/mol. The summed E-state index contributed by atoms with van der Waals surface area (Å²) in [5.74, 6) is -7.65. The van der Waals surface area contributed by atoms with E-state index in [-0.39, 0.29) is 44.6 Å². The van der Waals surface area contributed by atoms with Crippen molar-refractivity contribution in [2.24, 2.45) is 23.7 Å². The molecule has 6 rings (SSSR count). The van der Waals surface area contributed by atoms with E-state index in [9.17, 15) is 39.9 Å². The van der Waals surface area contributed by atoms with Gasteiger partial charge in [0.25, 0.3) is 11.7 Å². The van der Waals surface area contributed by atoms with E-state index < -0.39 is 94.9 Å². The van der Waals surface area contributed by atoms with Crippen molar-refractivity contribution in [2.45, 2.75) is 112 Å². The number of ketones is 1. The SMILES string of the molecule is CCCN1c2c3c(O)c4c(O)c(C)c5c(c4c2O)C(=O)C(C)(O/C=C/C(OC)C(C)C(OC(C)=O)C(C)C(O)C(C)C(O)C(C)/C=C/C=C(/C)C(=O)N3C1C)O5. The maximum atomic E-state index is 14.4. The van der Waals surface area contributed by atoms with Gasteiger partial charge in [0.15, 0.2) is 5.75 Å². The number of nitrogens with zero attached hydrogens (tertiary/aromatic N) is 2. The molecule has 0 spiro atoms. The van der Waals surface area contributed by atoms with Gasteiger partial charge < -0.3 is 49.4 Å². The molecule has 4 heterocycles. The molecule has 0 aliphatic carbocycles. The molecule has 2 aromatic rings. The molecule has 4 aliphatic heterocycles. The number of anilines is 2. The molecule has 0 aromatic heterocycles. The quantitative estimate of drug-likeness (QED) is 0.187. The molecule has 4 aliphatic rings. The van der Waals surface area contributed by atoms with Gasteiger partial charge in [-0.15, -0.1) is 0 Å². The van der Waals surface area contributed by atoms with Crippen molar-refractivity contribution in [3.05, 3.63) is 47.3 Å². The fraction of sp³-hybridized carbons (Fsp3) is 0.548. The number of phenolic OH excluding ortho intramolecular Hbond substituents is 3. The maximum absolute atomic E-state index is 14.4. The summed E-state index contributed by atoms with van der Waals surface area (Å²) in [5.41, 5.74) is 0.326. The zero-order valence-corrected chi connectivity index (χ0v) is 34.0. The fourth-order valence-corrected chi connectivity index (χ4v) is 8.37. The van der Waals surface area contributed by atoms with Crippen LogP contribution in [0.15, 0.2) is 36.1 Å². The second-order valence-electron chi connectivity index (χ2n) is 15.6. The first-order valence-corrected chi connectivity index (χ1v) is 19.1. The van der Waals surface area contributed by atoms with Gasteiger partial charge in [-0.1, -0.05) is 52.8 Å². The number of Topliss-reactive ketones (excluding diaryl/α,β-unsaturated/α-hetero) is 1. The van der Waals surface area contributed by atoms with Crippen LogP contribution in [-0.4, -0.2) is 93.2 Å². The van der Waals surface area contributed by atoms with E-state index in [4.69, 9.17) is 18.9 Å². The summed E-state index contributed by atoms with van der Waals surface area (Å²) in [6.07, 6.45) is 3.73. The Balaban J connectivity index is 1.74. The van der Waals surface area contributed by atoms with Crippen molar-refractivity contribution in [1.82, 2.24) is 0 Å². The van der Waals surface area contributed by atoms with Gasteiger partial charge in [0, 0.05) is 67.7 Å². The lowest BCUT2D eigenvalue weighted by Gasteiger charge is -2.38. The average Bonchev–Trinajstić information content (AvgIpc) is 3.60. The second-order valence-corrected chi connectivity index (χ2v) is 15.6. The highest BCUT2D eigenvalue weighted by Gasteiger charge is 2.51. The van der Waals surface area contributed by atoms with E-state index in [0.29, 0.717) is 13.0 Å². The Bertz CT molecular complexity index is 1990. The number of fused-ring (bicyclic) bond motifs is 12. The topological polar surface area (TPSA) is 196 Å². The number of carbonyl (C=O) groups is 3. The van der Waals surface area contributed by atoms with E-state index in [1.165, 1.54) is 45.1 Å². The summed E-state index contributed by atoms with van der Waals surface area (Å²) in [4.78, 5) is 44.1. The third-order valence-electron chi connectivity index (χ3n) is 11.7. The summed E-state index contributed by atoms with van der Waals surface area (Å²) < 4.78 is 23.6. The molecule has 10 atom stereocenters. The summed E-state index contributed by atoms with van der Waals surface area (Å²) in [6, 6.07) is 0. The number of hydrogen-bond donors (Lipinski definition) is 5. The molecule has 1 amide bonds. The molecule has 14 nitrogen and oxygen atoms in total. The minimum absolute atomic E-state index is 0.0254. The summed E-state index contributed by atoms with van der Waals surface area (Å²) in [7, 11) is 1.45. The summed E-state index contributed by atoms with van der Waals surface area (Å²) in [5, 5.41) is 58.3. The molecule has 5 N–H and O–H groups in total. The predicted molar refractivity (Wildman–Crippen MR) is 210 cm³/mol. The second kappa shape index (κ2) is 16.0. The Kier molecular flexibility index (Phi) is 12.1. The first kappa shape index (κ1) is 42.4. The van der Waals surface area contributed by atoms with Crippen molar-refractivity contribution < 1.29 is 58.9 Å². The maximum Gasteiger partial charge on any atom is 0.312 e. The number of phenols is 3. The Morgan fingerprint density at radius 3 is 2.16 bits per heavy atom. The molecule has 0 saturated carbocycles. The highest BCUT2D eigenvalue weighted by atomic mass is 16.7. The Morgan fingerprint density at radius 1 is 0.911 bits per heavy atom. The Morgan fingerprint density at radius 2 is 1.55 bits per heavy atom. The van der Waals surface area contributed by atoms with Crippen molar-refractivity contribution in [3.63, 3.8) is 0 Å². The van der Waals surface area contributed by atoms with Crippen LogP contribution in [0.3, 0.4) is 0 Å². The lowest BCUT2D eigenvalue weighted by Crippen LogP contribution is -2.46. The third-order valence-corrected chi connectivity index (χ3v) is 11.7. The number of methoxy groups -OCH3 is 1. The summed E-state index contributed by atoms with van der Waals surface area (Å²) >= 11 is 0. The van der Waals surface area contributed by atoms with Crippen molar-refractivity contribution >= 4 is 39.8 Å². The zero-order valence-electron chi connectivity index (χ0n) is 34.0. The molecule has 0 saturated heterocycles. The number of benzene rings is 2. The normalized spacial score (nSPS) is 33.3. The molecule has 14 heteroatoms. The smallest absolute Gasteiger partial charge is 0.312 e. The summed E-state index contributed by atoms with van der Waals surface area (Å²) in [6.45, 7) is 16.8. The number of hydrogen-bond acceptors (Lipinski definition) is 13. The van der Waals surface area contributed by atoms with Crippen LogP contribution in [0.25, 0.3) is 10.8 Å². The Labute approximate surface area is 327 Å². The number of aliphatic hydroxyl groups excluding tert-OH is 2. The van der Waals surface area contributed by atoms with Gasteiger partial charge in [0.05, 0.1) is 35.5 Å². The first-order chi connectivity index (χ1) is 26.2. The van der Waals surface area contributed by atoms with Gasteiger partial charge in [0.1, 0.15) is 40.9 Å². The van der Waals surface area contributed by atoms with Crippen LogP contribution in [0.5, 0.6) is 23.0 Å². The fourth-order valence-electron chi connectivity index (χ4n) is 8.37. The number of rotatable bonds is 4. The van der Waals surface area contributed by atoms with Crippen LogP contribution in [-0.2, 0) is 23.8 Å². The van der Waals surface area contributed by atoms with E-state index in [1.54, 1.807) is 64.7 Å². The standard InChI is InChI=1S/C42H56N2O12/c1-12-17-43-25(8)44-32-31(43)36(49)28-29(37(32)50)35(48)24(7)39-30(28)40(51)42(10,56-39)54-18-16-27(53-11)21(4)38(55-26(9)45)23(6)34(47)22(5)33(46)19(2)14-13-15-20(3)41(44)52/h13-16,18-19,21-23,25,27,33-34,38,46-50H,12,17H2,1-11H3/b14-13+,18-16+,20-15-. The van der Waals surface area contributed by atoms with Gasteiger partial charge in [-0.05, 0) is 33.3 Å². The number of aliphatic hydroxyl groups is 2. The molecule has 306 valence electrons. The van der Waals surface area contributed by atoms with Crippen LogP contribution in [0, 0.1) is 30.6 Å². The van der Waals surface area contributed by atoms with Crippen LogP contribution >= 0.6 is 0 Å². The minimum atomic E-state index is -2.00. The van der Waals surface area contributed by atoms with Crippen LogP contribution in [0.2, 0.25) is 0 Å².